The summed E-state index contributed by atoms with van der Waals surface area (Å²) in [6.45, 7) is 7.02. The van der Waals surface area contributed by atoms with Gasteiger partial charge in [-0.15, -0.1) is 0 Å². The number of hydrogen-bond donors (Lipinski definition) is 0. The van der Waals surface area contributed by atoms with Crippen LogP contribution in [0, 0.1) is 0 Å². The number of benzene rings is 2. The van der Waals surface area contributed by atoms with Gasteiger partial charge in [0.2, 0.25) is 0 Å². The van der Waals surface area contributed by atoms with E-state index in [2.05, 4.69) is 29.8 Å². The minimum absolute atomic E-state index is 0.100. The van der Waals surface area contributed by atoms with Crippen LogP contribution in [-0.2, 0) is 20.9 Å². The lowest BCUT2D eigenvalue weighted by Gasteiger charge is -2.23. The number of esters is 1. The van der Waals surface area contributed by atoms with E-state index in [1.165, 1.54) is 5.56 Å². The van der Waals surface area contributed by atoms with E-state index in [0.717, 1.165) is 16.5 Å². The fourth-order valence-corrected chi connectivity index (χ4v) is 3.47. The summed E-state index contributed by atoms with van der Waals surface area (Å²) in [6, 6.07) is 15.6. The number of carbonyl (C=O) groups is 2. The van der Waals surface area contributed by atoms with Crippen molar-refractivity contribution in [3.8, 4) is 5.75 Å². The molecule has 0 fully saturated rings. The molecule has 2 aromatic rings. The Labute approximate surface area is 187 Å². The molecule has 2 aromatic carbocycles. The quantitative estimate of drug-likeness (QED) is 0.412. The zero-order valence-corrected chi connectivity index (χ0v) is 19.5. The van der Waals surface area contributed by atoms with E-state index in [-0.39, 0.29) is 31.4 Å². The summed E-state index contributed by atoms with van der Waals surface area (Å²) in [5.74, 6) is 0.593. The Morgan fingerprint density at radius 2 is 1.83 bits per heavy atom. The van der Waals surface area contributed by atoms with Crippen LogP contribution in [-0.4, -0.2) is 36.5 Å². The smallest absolute Gasteiger partial charge is 0.307 e. The van der Waals surface area contributed by atoms with E-state index in [4.69, 9.17) is 9.47 Å². The SMILES string of the molecule is CCOC(=O)CCN(Cc1ccccc1)C(=O)COc1ccc(C(C)CC)cc1Br. The van der Waals surface area contributed by atoms with Gasteiger partial charge in [-0.3, -0.25) is 9.59 Å². The van der Waals surface area contributed by atoms with Crippen molar-refractivity contribution in [2.24, 2.45) is 0 Å². The first-order valence-electron chi connectivity index (χ1n) is 10.3. The van der Waals surface area contributed by atoms with E-state index < -0.39 is 0 Å². The molecule has 0 saturated heterocycles. The maximum atomic E-state index is 12.9. The highest BCUT2D eigenvalue weighted by Gasteiger charge is 2.17. The van der Waals surface area contributed by atoms with Crippen LogP contribution in [0.15, 0.2) is 53.0 Å². The molecule has 6 heteroatoms. The predicted molar refractivity (Wildman–Crippen MR) is 121 cm³/mol. The van der Waals surface area contributed by atoms with Crippen LogP contribution < -0.4 is 4.74 Å². The summed E-state index contributed by atoms with van der Waals surface area (Å²) >= 11 is 3.54. The van der Waals surface area contributed by atoms with Crippen LogP contribution in [0.5, 0.6) is 5.75 Å². The second-order valence-corrected chi connectivity index (χ2v) is 8.00. The molecular weight excluding hydrogens is 446 g/mol. The zero-order valence-electron chi connectivity index (χ0n) is 17.9. The molecule has 0 aliphatic rings. The Morgan fingerprint density at radius 3 is 2.47 bits per heavy atom. The van der Waals surface area contributed by atoms with E-state index >= 15 is 0 Å². The van der Waals surface area contributed by atoms with Crippen molar-refractivity contribution in [1.82, 2.24) is 4.90 Å². The number of nitrogens with zero attached hydrogens (tertiary/aromatic N) is 1. The molecular formula is C24H30BrNO4. The maximum absolute atomic E-state index is 12.9. The molecule has 0 N–H and O–H groups in total. The number of rotatable bonds is 11. The summed E-state index contributed by atoms with van der Waals surface area (Å²) in [4.78, 5) is 26.3. The molecule has 1 unspecified atom stereocenters. The Hall–Kier alpha value is -2.34. The molecule has 0 spiro atoms. The largest absolute Gasteiger partial charge is 0.483 e. The van der Waals surface area contributed by atoms with Crippen LogP contribution in [0.3, 0.4) is 0 Å². The lowest BCUT2D eigenvalue weighted by molar-refractivity contribution is -0.144. The molecule has 30 heavy (non-hydrogen) atoms. The van der Waals surface area contributed by atoms with Gasteiger partial charge in [-0.1, -0.05) is 50.2 Å². The van der Waals surface area contributed by atoms with Gasteiger partial charge in [0, 0.05) is 13.1 Å². The number of ether oxygens (including phenoxy) is 2. The molecule has 1 amide bonds. The number of halogens is 1. The first-order chi connectivity index (χ1) is 14.4. The van der Waals surface area contributed by atoms with Crippen molar-refractivity contribution in [3.05, 3.63) is 64.1 Å². The second-order valence-electron chi connectivity index (χ2n) is 7.14. The van der Waals surface area contributed by atoms with Gasteiger partial charge >= 0.3 is 5.97 Å². The lowest BCUT2D eigenvalue weighted by atomic mass is 9.99. The van der Waals surface area contributed by atoms with Gasteiger partial charge in [-0.05, 0) is 58.5 Å². The molecule has 0 saturated carbocycles. The molecule has 2 rings (SSSR count). The van der Waals surface area contributed by atoms with Gasteiger partial charge in [0.1, 0.15) is 5.75 Å². The first kappa shape index (κ1) is 23.9. The standard InChI is InChI=1S/C24H30BrNO4/c1-4-18(3)20-11-12-22(21(25)15-20)30-17-23(27)26(14-13-24(28)29-5-2)16-19-9-7-6-8-10-19/h6-12,15,18H,4-5,13-14,16-17H2,1-3H3. The normalized spacial score (nSPS) is 11.6. The van der Waals surface area contributed by atoms with Crippen LogP contribution in [0.1, 0.15) is 50.7 Å². The monoisotopic (exact) mass is 475 g/mol. The Morgan fingerprint density at radius 1 is 1.10 bits per heavy atom. The van der Waals surface area contributed by atoms with Crippen molar-refractivity contribution >= 4 is 27.8 Å². The fraction of sp³-hybridized carbons (Fsp3) is 0.417. The average Bonchev–Trinajstić information content (AvgIpc) is 2.75. The van der Waals surface area contributed by atoms with Crippen LogP contribution >= 0.6 is 15.9 Å². The Balaban J connectivity index is 2.03. The molecule has 5 nitrogen and oxygen atoms in total. The number of amides is 1. The summed E-state index contributed by atoms with van der Waals surface area (Å²) in [6.07, 6.45) is 1.21. The van der Waals surface area contributed by atoms with Gasteiger partial charge < -0.3 is 14.4 Å². The third kappa shape index (κ3) is 7.48. The minimum Gasteiger partial charge on any atom is -0.483 e. The molecule has 0 aliphatic heterocycles. The molecule has 0 bridgehead atoms. The first-order valence-corrected chi connectivity index (χ1v) is 11.1. The summed E-state index contributed by atoms with van der Waals surface area (Å²) in [5, 5.41) is 0. The van der Waals surface area contributed by atoms with Crippen molar-refractivity contribution in [2.75, 3.05) is 19.8 Å². The minimum atomic E-state index is -0.312. The fourth-order valence-electron chi connectivity index (χ4n) is 2.96. The molecule has 162 valence electrons. The molecule has 0 heterocycles. The summed E-state index contributed by atoms with van der Waals surface area (Å²) in [7, 11) is 0. The number of carbonyl (C=O) groups excluding carboxylic acids is 2. The molecule has 0 aliphatic carbocycles. The number of hydrogen-bond acceptors (Lipinski definition) is 4. The predicted octanol–water partition coefficient (Wildman–Crippen LogP) is 5.32. The second kappa shape index (κ2) is 12.4. The highest BCUT2D eigenvalue weighted by molar-refractivity contribution is 9.10. The van der Waals surface area contributed by atoms with Crippen molar-refractivity contribution in [3.63, 3.8) is 0 Å². The average molecular weight is 476 g/mol. The Kier molecular flexibility index (Phi) is 9.87. The third-order valence-corrected chi connectivity index (χ3v) is 5.57. The zero-order chi connectivity index (χ0) is 21.9. The topological polar surface area (TPSA) is 55.8 Å². The Bertz CT molecular complexity index is 825. The van der Waals surface area contributed by atoms with Crippen LogP contribution in [0.25, 0.3) is 0 Å². The van der Waals surface area contributed by atoms with E-state index in [0.29, 0.717) is 24.8 Å². The van der Waals surface area contributed by atoms with E-state index in [1.54, 1.807) is 11.8 Å². The van der Waals surface area contributed by atoms with Crippen molar-refractivity contribution < 1.29 is 19.1 Å². The van der Waals surface area contributed by atoms with Crippen molar-refractivity contribution in [1.29, 1.82) is 0 Å². The lowest BCUT2D eigenvalue weighted by Crippen LogP contribution is -2.36. The molecule has 0 aromatic heterocycles. The molecule has 0 radical (unpaired) electrons. The third-order valence-electron chi connectivity index (χ3n) is 4.95. The van der Waals surface area contributed by atoms with E-state index in [9.17, 15) is 9.59 Å². The molecule has 1 atom stereocenters. The van der Waals surface area contributed by atoms with Crippen LogP contribution in [0.4, 0.5) is 0 Å². The highest BCUT2D eigenvalue weighted by atomic mass is 79.9. The summed E-state index contributed by atoms with van der Waals surface area (Å²) in [5.41, 5.74) is 2.22. The maximum Gasteiger partial charge on any atom is 0.307 e. The highest BCUT2D eigenvalue weighted by Crippen LogP contribution is 2.30. The summed E-state index contributed by atoms with van der Waals surface area (Å²) < 4.78 is 11.6. The van der Waals surface area contributed by atoms with Crippen LogP contribution in [0.2, 0.25) is 0 Å². The van der Waals surface area contributed by atoms with Gasteiger partial charge in [0.15, 0.2) is 6.61 Å². The van der Waals surface area contributed by atoms with Gasteiger partial charge in [-0.25, -0.2) is 0 Å². The van der Waals surface area contributed by atoms with Gasteiger partial charge in [-0.2, -0.15) is 0 Å². The van der Waals surface area contributed by atoms with Crippen molar-refractivity contribution in [2.45, 2.75) is 46.1 Å². The van der Waals surface area contributed by atoms with Gasteiger partial charge in [0.05, 0.1) is 17.5 Å². The van der Waals surface area contributed by atoms with E-state index in [1.807, 2.05) is 48.5 Å². The van der Waals surface area contributed by atoms with Gasteiger partial charge in [0.25, 0.3) is 5.91 Å².